The Balaban J connectivity index is 2.74. The van der Waals surface area contributed by atoms with E-state index in [4.69, 9.17) is 9.47 Å². The van der Waals surface area contributed by atoms with E-state index in [9.17, 15) is 0 Å². The van der Waals surface area contributed by atoms with Crippen molar-refractivity contribution in [2.45, 2.75) is 32.2 Å². The van der Waals surface area contributed by atoms with E-state index in [2.05, 4.69) is 31.0 Å². The highest BCUT2D eigenvalue weighted by molar-refractivity contribution is 5.43. The van der Waals surface area contributed by atoms with Crippen LogP contribution in [0.2, 0.25) is 0 Å². The molecule has 1 atom stereocenters. The van der Waals surface area contributed by atoms with Gasteiger partial charge in [0.05, 0.1) is 14.2 Å². The predicted molar refractivity (Wildman–Crippen MR) is 80.1 cm³/mol. The standard InChI is InChI=1S/C16H25NO2/c1-5-7-8-14(17-6-2)11-13-9-10-15(18-3)16(12-13)19-4/h5,9-10,12,14,17H,1,6-8,11H2,2-4H3. The number of hydrogen-bond donors (Lipinski definition) is 1. The third kappa shape index (κ3) is 4.95. The van der Waals surface area contributed by atoms with E-state index in [1.54, 1.807) is 14.2 Å². The van der Waals surface area contributed by atoms with Gasteiger partial charge in [-0.3, -0.25) is 0 Å². The third-order valence-electron chi connectivity index (χ3n) is 3.14. The maximum atomic E-state index is 5.34. The van der Waals surface area contributed by atoms with Gasteiger partial charge in [-0.05, 0) is 43.5 Å². The Hall–Kier alpha value is -1.48. The zero-order valence-electron chi connectivity index (χ0n) is 12.2. The van der Waals surface area contributed by atoms with Crippen LogP contribution in [0.4, 0.5) is 0 Å². The van der Waals surface area contributed by atoms with Crippen molar-refractivity contribution >= 4 is 0 Å². The van der Waals surface area contributed by atoms with E-state index in [0.29, 0.717) is 6.04 Å². The van der Waals surface area contributed by atoms with Crippen molar-refractivity contribution in [3.8, 4) is 11.5 Å². The van der Waals surface area contributed by atoms with Crippen molar-refractivity contribution in [1.29, 1.82) is 0 Å². The van der Waals surface area contributed by atoms with E-state index in [1.807, 2.05) is 12.1 Å². The van der Waals surface area contributed by atoms with Gasteiger partial charge in [0.1, 0.15) is 0 Å². The van der Waals surface area contributed by atoms with Crippen molar-refractivity contribution in [2.75, 3.05) is 20.8 Å². The zero-order valence-corrected chi connectivity index (χ0v) is 12.2. The second kappa shape index (κ2) is 8.59. The van der Waals surface area contributed by atoms with Crippen molar-refractivity contribution in [1.82, 2.24) is 5.32 Å². The fraction of sp³-hybridized carbons (Fsp3) is 0.500. The first-order valence-electron chi connectivity index (χ1n) is 6.80. The molecule has 1 N–H and O–H groups in total. The molecule has 3 nitrogen and oxygen atoms in total. The van der Waals surface area contributed by atoms with E-state index in [-0.39, 0.29) is 0 Å². The highest BCUT2D eigenvalue weighted by atomic mass is 16.5. The second-order valence-electron chi connectivity index (χ2n) is 4.51. The first-order valence-corrected chi connectivity index (χ1v) is 6.80. The molecule has 0 bridgehead atoms. The van der Waals surface area contributed by atoms with Crippen molar-refractivity contribution in [3.63, 3.8) is 0 Å². The molecule has 0 saturated heterocycles. The molecular formula is C16H25NO2. The molecule has 0 radical (unpaired) electrons. The maximum absolute atomic E-state index is 5.34. The van der Waals surface area contributed by atoms with Crippen LogP contribution in [0.5, 0.6) is 11.5 Å². The van der Waals surface area contributed by atoms with Crippen molar-refractivity contribution in [2.24, 2.45) is 0 Å². The molecule has 106 valence electrons. The Morgan fingerprint density at radius 2 is 2.00 bits per heavy atom. The molecule has 1 aromatic carbocycles. The minimum absolute atomic E-state index is 0.473. The molecule has 3 heteroatoms. The first-order chi connectivity index (χ1) is 9.24. The summed E-state index contributed by atoms with van der Waals surface area (Å²) in [5.74, 6) is 1.57. The Kier molecular flexibility index (Phi) is 7.04. The van der Waals surface area contributed by atoms with Crippen LogP contribution in [0.15, 0.2) is 30.9 Å². The van der Waals surface area contributed by atoms with Crippen LogP contribution in [0, 0.1) is 0 Å². The van der Waals surface area contributed by atoms with E-state index in [1.165, 1.54) is 5.56 Å². The highest BCUT2D eigenvalue weighted by Gasteiger charge is 2.10. The lowest BCUT2D eigenvalue weighted by Gasteiger charge is -2.18. The molecule has 0 aliphatic rings. The quantitative estimate of drug-likeness (QED) is 0.694. The van der Waals surface area contributed by atoms with Gasteiger partial charge in [-0.2, -0.15) is 0 Å². The Morgan fingerprint density at radius 3 is 2.58 bits per heavy atom. The minimum atomic E-state index is 0.473. The molecule has 0 heterocycles. The summed E-state index contributed by atoms with van der Waals surface area (Å²) >= 11 is 0. The predicted octanol–water partition coefficient (Wildman–Crippen LogP) is 3.19. The Labute approximate surface area is 116 Å². The average molecular weight is 263 g/mol. The summed E-state index contributed by atoms with van der Waals surface area (Å²) in [5, 5.41) is 3.51. The van der Waals surface area contributed by atoms with Gasteiger partial charge < -0.3 is 14.8 Å². The summed E-state index contributed by atoms with van der Waals surface area (Å²) in [6.07, 6.45) is 5.09. The number of rotatable bonds is 9. The summed E-state index contributed by atoms with van der Waals surface area (Å²) in [7, 11) is 3.32. The van der Waals surface area contributed by atoms with Crippen LogP contribution in [0.1, 0.15) is 25.3 Å². The van der Waals surface area contributed by atoms with Gasteiger partial charge in [0.2, 0.25) is 0 Å². The molecule has 19 heavy (non-hydrogen) atoms. The molecule has 0 aromatic heterocycles. The van der Waals surface area contributed by atoms with E-state index in [0.717, 1.165) is 37.3 Å². The fourth-order valence-corrected chi connectivity index (χ4v) is 2.18. The number of ether oxygens (including phenoxy) is 2. The lowest BCUT2D eigenvalue weighted by Crippen LogP contribution is -2.30. The van der Waals surface area contributed by atoms with Gasteiger partial charge in [0.15, 0.2) is 11.5 Å². The van der Waals surface area contributed by atoms with Crippen molar-refractivity contribution < 1.29 is 9.47 Å². The lowest BCUT2D eigenvalue weighted by atomic mass is 10.0. The number of hydrogen-bond acceptors (Lipinski definition) is 3. The van der Waals surface area contributed by atoms with E-state index < -0.39 is 0 Å². The van der Waals surface area contributed by atoms with Crippen LogP contribution in [0.25, 0.3) is 0 Å². The molecule has 0 spiro atoms. The molecule has 0 saturated carbocycles. The van der Waals surface area contributed by atoms with Crippen LogP contribution in [-0.4, -0.2) is 26.8 Å². The molecule has 0 aliphatic heterocycles. The van der Waals surface area contributed by atoms with E-state index >= 15 is 0 Å². The molecule has 1 aromatic rings. The van der Waals surface area contributed by atoms with Gasteiger partial charge >= 0.3 is 0 Å². The average Bonchev–Trinajstić information content (AvgIpc) is 2.44. The minimum Gasteiger partial charge on any atom is -0.493 e. The normalized spacial score (nSPS) is 11.9. The SMILES string of the molecule is C=CCCC(Cc1ccc(OC)c(OC)c1)NCC. The zero-order chi connectivity index (χ0) is 14.1. The van der Waals surface area contributed by atoms with Crippen molar-refractivity contribution in [3.05, 3.63) is 36.4 Å². The molecule has 0 amide bonds. The molecule has 1 rings (SSSR count). The maximum Gasteiger partial charge on any atom is 0.160 e. The smallest absolute Gasteiger partial charge is 0.160 e. The Bertz CT molecular complexity index is 390. The van der Waals surface area contributed by atoms with Crippen LogP contribution >= 0.6 is 0 Å². The molecule has 0 aliphatic carbocycles. The highest BCUT2D eigenvalue weighted by Crippen LogP contribution is 2.28. The Morgan fingerprint density at radius 1 is 1.26 bits per heavy atom. The summed E-state index contributed by atoms with van der Waals surface area (Å²) in [6, 6.07) is 6.59. The summed E-state index contributed by atoms with van der Waals surface area (Å²) in [4.78, 5) is 0. The number of allylic oxidation sites excluding steroid dienone is 1. The van der Waals surface area contributed by atoms with Gasteiger partial charge in [-0.25, -0.2) is 0 Å². The molecule has 0 fully saturated rings. The van der Waals surface area contributed by atoms with Gasteiger partial charge in [-0.15, -0.1) is 6.58 Å². The fourth-order valence-electron chi connectivity index (χ4n) is 2.18. The monoisotopic (exact) mass is 263 g/mol. The van der Waals surface area contributed by atoms with Crippen LogP contribution in [-0.2, 0) is 6.42 Å². The third-order valence-corrected chi connectivity index (χ3v) is 3.14. The van der Waals surface area contributed by atoms with Gasteiger partial charge in [0.25, 0.3) is 0 Å². The van der Waals surface area contributed by atoms with Crippen LogP contribution < -0.4 is 14.8 Å². The first kappa shape index (κ1) is 15.6. The van der Waals surface area contributed by atoms with Gasteiger partial charge in [0, 0.05) is 6.04 Å². The molecule has 1 unspecified atom stereocenters. The summed E-state index contributed by atoms with van der Waals surface area (Å²) in [5.41, 5.74) is 1.26. The number of benzene rings is 1. The molecular weight excluding hydrogens is 238 g/mol. The summed E-state index contributed by atoms with van der Waals surface area (Å²) < 4.78 is 10.6. The number of methoxy groups -OCH3 is 2. The summed E-state index contributed by atoms with van der Waals surface area (Å²) in [6.45, 7) is 6.90. The second-order valence-corrected chi connectivity index (χ2v) is 4.51. The largest absolute Gasteiger partial charge is 0.493 e. The lowest BCUT2D eigenvalue weighted by molar-refractivity contribution is 0.354. The number of likely N-dealkylation sites (N-methyl/N-ethyl adjacent to an activating group) is 1. The van der Waals surface area contributed by atoms with Gasteiger partial charge in [-0.1, -0.05) is 19.1 Å². The number of nitrogens with one attached hydrogen (secondary N) is 1. The van der Waals surface area contributed by atoms with Crippen LogP contribution in [0.3, 0.4) is 0 Å². The topological polar surface area (TPSA) is 30.5 Å².